The van der Waals surface area contributed by atoms with E-state index in [4.69, 9.17) is 13.9 Å². The number of hydrogen-bond acceptors (Lipinski definition) is 3. The largest absolute Gasteiger partial charge is 0.493 e. The highest BCUT2D eigenvalue weighted by atomic mass is 16.5. The van der Waals surface area contributed by atoms with Crippen LogP contribution in [0.1, 0.15) is 11.3 Å². The second-order valence-electron chi connectivity index (χ2n) is 5.85. The zero-order valence-electron chi connectivity index (χ0n) is 14.7. The van der Waals surface area contributed by atoms with E-state index in [9.17, 15) is 0 Å². The van der Waals surface area contributed by atoms with Crippen LogP contribution >= 0.6 is 0 Å². The maximum atomic E-state index is 5.92. The Morgan fingerprint density at radius 2 is 1.68 bits per heavy atom. The van der Waals surface area contributed by atoms with E-state index in [2.05, 4.69) is 29.6 Å². The zero-order valence-corrected chi connectivity index (χ0v) is 14.7. The van der Waals surface area contributed by atoms with Crippen LogP contribution in [0.25, 0.3) is 11.3 Å². The number of rotatable bonds is 8. The lowest BCUT2D eigenvalue weighted by molar-refractivity contribution is -0.671. The fraction of sp³-hybridized carbons (Fsp3) is 0.238. The number of hydrogen-bond donors (Lipinski definition) is 1. The summed E-state index contributed by atoms with van der Waals surface area (Å²) < 4.78 is 16.5. The van der Waals surface area contributed by atoms with Crippen molar-refractivity contribution in [3.05, 3.63) is 72.0 Å². The molecule has 0 spiro atoms. The van der Waals surface area contributed by atoms with Crippen molar-refractivity contribution < 1.29 is 19.2 Å². The minimum Gasteiger partial charge on any atom is -0.493 e. The van der Waals surface area contributed by atoms with Gasteiger partial charge in [-0.05, 0) is 29.8 Å². The molecule has 0 radical (unpaired) electrons. The highest BCUT2D eigenvalue weighted by Crippen LogP contribution is 2.27. The van der Waals surface area contributed by atoms with Gasteiger partial charge in [0.25, 0.3) is 0 Å². The molecule has 4 heteroatoms. The van der Waals surface area contributed by atoms with Crippen molar-refractivity contribution in [2.75, 3.05) is 20.8 Å². The van der Waals surface area contributed by atoms with Crippen LogP contribution in [-0.2, 0) is 13.0 Å². The van der Waals surface area contributed by atoms with E-state index in [1.54, 1.807) is 14.2 Å². The highest BCUT2D eigenvalue weighted by molar-refractivity contribution is 5.57. The van der Waals surface area contributed by atoms with Gasteiger partial charge in [-0.25, -0.2) is 0 Å². The van der Waals surface area contributed by atoms with Gasteiger partial charge in [-0.1, -0.05) is 36.4 Å². The van der Waals surface area contributed by atoms with E-state index in [1.165, 1.54) is 5.56 Å². The maximum Gasteiger partial charge on any atom is 0.160 e. The molecule has 130 valence electrons. The van der Waals surface area contributed by atoms with Crippen molar-refractivity contribution in [1.29, 1.82) is 0 Å². The summed E-state index contributed by atoms with van der Waals surface area (Å²) in [7, 11) is 3.31. The Labute approximate surface area is 148 Å². The Morgan fingerprint density at radius 3 is 2.44 bits per heavy atom. The van der Waals surface area contributed by atoms with Gasteiger partial charge in [0.2, 0.25) is 0 Å². The molecular weight excluding hydrogens is 314 g/mol. The molecule has 0 atom stereocenters. The molecule has 0 fully saturated rings. The molecule has 0 amide bonds. The van der Waals surface area contributed by atoms with Gasteiger partial charge in [0.05, 0.1) is 20.8 Å². The Morgan fingerprint density at radius 1 is 0.880 bits per heavy atom. The van der Waals surface area contributed by atoms with Crippen molar-refractivity contribution in [1.82, 2.24) is 0 Å². The molecule has 0 aliphatic carbocycles. The number of nitrogens with two attached hydrogens (primary N) is 1. The summed E-state index contributed by atoms with van der Waals surface area (Å²) in [4.78, 5) is 0. The van der Waals surface area contributed by atoms with Crippen molar-refractivity contribution >= 4 is 0 Å². The lowest BCUT2D eigenvalue weighted by Gasteiger charge is -2.09. The zero-order chi connectivity index (χ0) is 17.5. The molecule has 0 saturated heterocycles. The summed E-state index contributed by atoms with van der Waals surface area (Å²) >= 11 is 0. The molecule has 0 bridgehead atoms. The molecule has 2 aromatic carbocycles. The van der Waals surface area contributed by atoms with Crippen molar-refractivity contribution in [3.63, 3.8) is 0 Å². The van der Waals surface area contributed by atoms with E-state index < -0.39 is 0 Å². The van der Waals surface area contributed by atoms with E-state index in [0.29, 0.717) is 0 Å². The maximum absolute atomic E-state index is 5.92. The molecule has 0 aliphatic rings. The summed E-state index contributed by atoms with van der Waals surface area (Å²) in [6.45, 7) is 1.82. The Hall–Kier alpha value is -2.72. The smallest absolute Gasteiger partial charge is 0.160 e. The van der Waals surface area contributed by atoms with Gasteiger partial charge in [0, 0.05) is 12.0 Å². The third-order valence-electron chi connectivity index (χ3n) is 4.15. The quantitative estimate of drug-likeness (QED) is 0.641. The fourth-order valence-corrected chi connectivity index (χ4v) is 2.79. The molecule has 3 aromatic rings. The average Bonchev–Trinajstić information content (AvgIpc) is 3.14. The van der Waals surface area contributed by atoms with Gasteiger partial charge in [-0.15, -0.1) is 0 Å². The number of ether oxygens (including phenoxy) is 2. The van der Waals surface area contributed by atoms with Crippen LogP contribution in [-0.4, -0.2) is 20.8 Å². The van der Waals surface area contributed by atoms with Crippen LogP contribution in [0.3, 0.4) is 0 Å². The summed E-state index contributed by atoms with van der Waals surface area (Å²) in [6.07, 6.45) is 0.965. The van der Waals surface area contributed by atoms with Gasteiger partial charge in [0.15, 0.2) is 17.3 Å². The number of furan rings is 1. The van der Waals surface area contributed by atoms with E-state index in [-0.39, 0.29) is 0 Å². The van der Waals surface area contributed by atoms with Crippen LogP contribution in [0.2, 0.25) is 0 Å². The number of benzene rings is 2. The second kappa shape index (κ2) is 8.40. The third kappa shape index (κ3) is 4.43. The molecule has 3 rings (SSSR count). The number of quaternary nitrogens is 1. The van der Waals surface area contributed by atoms with Gasteiger partial charge in [0.1, 0.15) is 12.3 Å². The Balaban J connectivity index is 1.50. The van der Waals surface area contributed by atoms with Crippen LogP contribution in [0.5, 0.6) is 11.5 Å². The lowest BCUT2D eigenvalue weighted by atomic mass is 10.1. The predicted octanol–water partition coefficient (Wildman–Crippen LogP) is 3.27. The van der Waals surface area contributed by atoms with Crippen LogP contribution in [0.4, 0.5) is 0 Å². The Bertz CT molecular complexity index is 796. The minimum atomic E-state index is 0.763. The third-order valence-corrected chi connectivity index (χ3v) is 4.15. The molecule has 0 aliphatic heterocycles. The molecule has 25 heavy (non-hydrogen) atoms. The average molecular weight is 338 g/mol. The topological polar surface area (TPSA) is 48.2 Å². The highest BCUT2D eigenvalue weighted by Gasteiger charge is 2.07. The molecule has 0 saturated carbocycles. The fourth-order valence-electron chi connectivity index (χ4n) is 2.79. The number of methoxy groups -OCH3 is 2. The van der Waals surface area contributed by atoms with Crippen LogP contribution in [0.15, 0.2) is 65.1 Å². The predicted molar refractivity (Wildman–Crippen MR) is 97.9 cm³/mol. The van der Waals surface area contributed by atoms with Gasteiger partial charge in [-0.2, -0.15) is 0 Å². The van der Waals surface area contributed by atoms with E-state index in [0.717, 1.165) is 48.1 Å². The SMILES string of the molecule is COc1ccc(CC[NH2+]Cc2ccc(-c3ccccc3)o2)cc1OC. The molecule has 2 N–H and O–H groups in total. The molecular formula is C21H24NO3+. The second-order valence-corrected chi connectivity index (χ2v) is 5.85. The molecule has 0 unspecified atom stereocenters. The van der Waals surface area contributed by atoms with E-state index in [1.807, 2.05) is 36.4 Å². The van der Waals surface area contributed by atoms with Crippen molar-refractivity contribution in [2.24, 2.45) is 0 Å². The standard InChI is InChI=1S/C21H23NO3/c1-23-20-10-8-16(14-21(20)24-2)12-13-22-15-18-9-11-19(25-18)17-6-4-3-5-7-17/h3-11,14,22H,12-13,15H2,1-2H3/p+1. The Kier molecular flexibility index (Phi) is 5.75. The summed E-state index contributed by atoms with van der Waals surface area (Å²) in [5, 5.41) is 2.25. The first-order valence-corrected chi connectivity index (χ1v) is 8.47. The van der Waals surface area contributed by atoms with Crippen LogP contribution in [0, 0.1) is 0 Å². The summed E-state index contributed by atoms with van der Waals surface area (Å²) in [6, 6.07) is 20.3. The van der Waals surface area contributed by atoms with Gasteiger partial charge in [-0.3, -0.25) is 0 Å². The minimum absolute atomic E-state index is 0.763. The lowest BCUT2D eigenvalue weighted by Crippen LogP contribution is -2.83. The van der Waals surface area contributed by atoms with Gasteiger partial charge >= 0.3 is 0 Å². The van der Waals surface area contributed by atoms with Crippen molar-refractivity contribution in [2.45, 2.75) is 13.0 Å². The van der Waals surface area contributed by atoms with Gasteiger partial charge < -0.3 is 19.2 Å². The van der Waals surface area contributed by atoms with Crippen LogP contribution < -0.4 is 14.8 Å². The first-order chi connectivity index (χ1) is 12.3. The van der Waals surface area contributed by atoms with E-state index >= 15 is 0 Å². The first kappa shape index (κ1) is 17.1. The first-order valence-electron chi connectivity index (χ1n) is 8.47. The molecule has 4 nitrogen and oxygen atoms in total. The molecule has 1 heterocycles. The summed E-state index contributed by atoms with van der Waals surface area (Å²) in [5.41, 5.74) is 2.34. The normalized spacial score (nSPS) is 10.6. The van der Waals surface area contributed by atoms with Crippen molar-refractivity contribution in [3.8, 4) is 22.8 Å². The summed E-state index contributed by atoms with van der Waals surface area (Å²) in [5.74, 6) is 3.45. The monoisotopic (exact) mass is 338 g/mol. The molecule has 1 aromatic heterocycles.